The molecule has 0 aliphatic carbocycles. The fraction of sp³-hybridized carbons (Fsp3) is 0.125. The number of aryl methyl sites for hydroxylation is 1. The molecule has 0 radical (unpaired) electrons. The number of nitrogens with one attached hydrogen (secondary N) is 2. The summed E-state index contributed by atoms with van der Waals surface area (Å²) in [5.41, 5.74) is 1.27. The van der Waals surface area contributed by atoms with Gasteiger partial charge in [0, 0.05) is 11.9 Å². The second kappa shape index (κ2) is 6.99. The van der Waals surface area contributed by atoms with Crippen molar-refractivity contribution in [2.45, 2.75) is 6.92 Å². The van der Waals surface area contributed by atoms with Gasteiger partial charge < -0.3 is 10.6 Å². The second-order valence-corrected chi connectivity index (χ2v) is 4.58. The molecule has 2 aromatic rings. The van der Waals surface area contributed by atoms with Gasteiger partial charge in [0.05, 0.1) is 6.07 Å². The van der Waals surface area contributed by atoms with Gasteiger partial charge in [-0.25, -0.2) is 4.98 Å². The van der Waals surface area contributed by atoms with Crippen LogP contribution >= 0.6 is 0 Å². The number of rotatable bonds is 4. The van der Waals surface area contributed by atoms with E-state index in [-0.39, 0.29) is 0 Å². The van der Waals surface area contributed by atoms with E-state index < -0.39 is 17.7 Å². The van der Waals surface area contributed by atoms with Crippen LogP contribution in [0.1, 0.15) is 5.56 Å². The molecule has 0 saturated carbocycles. The van der Waals surface area contributed by atoms with Crippen LogP contribution in [0.5, 0.6) is 0 Å². The first kappa shape index (κ1) is 15.2. The second-order valence-electron chi connectivity index (χ2n) is 4.58. The molecule has 1 atom stereocenters. The zero-order chi connectivity index (χ0) is 15.9. The van der Waals surface area contributed by atoms with E-state index in [1.807, 2.05) is 0 Å². The van der Waals surface area contributed by atoms with E-state index in [2.05, 4.69) is 15.6 Å². The highest BCUT2D eigenvalue weighted by molar-refractivity contribution is 6.12. The first-order valence-corrected chi connectivity index (χ1v) is 6.60. The van der Waals surface area contributed by atoms with Crippen LogP contribution in [0.3, 0.4) is 0 Å². The highest BCUT2D eigenvalue weighted by atomic mass is 16.2. The topological polar surface area (TPSA) is 94.9 Å². The van der Waals surface area contributed by atoms with E-state index in [9.17, 15) is 9.59 Å². The Morgan fingerprint density at radius 3 is 2.41 bits per heavy atom. The van der Waals surface area contributed by atoms with E-state index in [1.54, 1.807) is 55.5 Å². The minimum Gasteiger partial charge on any atom is -0.324 e. The first-order chi connectivity index (χ1) is 10.6. The predicted molar refractivity (Wildman–Crippen MR) is 81.8 cm³/mol. The van der Waals surface area contributed by atoms with E-state index in [4.69, 9.17) is 5.26 Å². The zero-order valence-corrected chi connectivity index (χ0v) is 11.9. The number of amides is 2. The number of hydrogen-bond donors (Lipinski definition) is 2. The fourth-order valence-electron chi connectivity index (χ4n) is 1.78. The van der Waals surface area contributed by atoms with Crippen molar-refractivity contribution < 1.29 is 9.59 Å². The SMILES string of the molecule is Cc1cccnc1NC(=O)C(C#N)C(=O)Nc1ccccc1. The van der Waals surface area contributed by atoms with Crippen LogP contribution < -0.4 is 10.6 Å². The summed E-state index contributed by atoms with van der Waals surface area (Å²) in [6.45, 7) is 1.77. The number of nitrogens with zero attached hydrogens (tertiary/aromatic N) is 2. The van der Waals surface area contributed by atoms with E-state index >= 15 is 0 Å². The average molecular weight is 294 g/mol. The Bertz CT molecular complexity index is 722. The van der Waals surface area contributed by atoms with Gasteiger partial charge in [-0.3, -0.25) is 9.59 Å². The number of benzene rings is 1. The van der Waals surface area contributed by atoms with Crippen molar-refractivity contribution in [3.63, 3.8) is 0 Å². The molecular formula is C16H14N4O2. The van der Waals surface area contributed by atoms with Crippen molar-refractivity contribution >= 4 is 23.3 Å². The van der Waals surface area contributed by atoms with Gasteiger partial charge >= 0.3 is 0 Å². The molecule has 1 aromatic heterocycles. The molecule has 0 fully saturated rings. The van der Waals surface area contributed by atoms with Gasteiger partial charge in [0.15, 0.2) is 0 Å². The van der Waals surface area contributed by atoms with Crippen molar-refractivity contribution in [2.75, 3.05) is 10.6 Å². The molecule has 6 nitrogen and oxygen atoms in total. The lowest BCUT2D eigenvalue weighted by molar-refractivity contribution is -0.127. The Morgan fingerprint density at radius 2 is 1.77 bits per heavy atom. The standard InChI is InChI=1S/C16H14N4O2/c1-11-6-5-9-18-14(11)20-16(22)13(10-17)15(21)19-12-7-3-2-4-8-12/h2-9,13H,1H3,(H,19,21)(H,18,20,22). The van der Waals surface area contributed by atoms with Crippen molar-refractivity contribution in [2.24, 2.45) is 5.92 Å². The fourth-order valence-corrected chi connectivity index (χ4v) is 1.78. The number of carbonyl (C=O) groups is 2. The molecule has 6 heteroatoms. The molecule has 110 valence electrons. The summed E-state index contributed by atoms with van der Waals surface area (Å²) in [5, 5.41) is 14.1. The number of nitriles is 1. The van der Waals surface area contributed by atoms with Crippen LogP contribution in [0.25, 0.3) is 0 Å². The smallest absolute Gasteiger partial charge is 0.252 e. The summed E-state index contributed by atoms with van der Waals surface area (Å²) < 4.78 is 0. The lowest BCUT2D eigenvalue weighted by atomic mass is 10.1. The van der Waals surface area contributed by atoms with Crippen molar-refractivity contribution in [3.8, 4) is 6.07 Å². The molecule has 1 aromatic carbocycles. The Balaban J connectivity index is 2.08. The Labute approximate surface area is 127 Å². The summed E-state index contributed by atoms with van der Waals surface area (Å²) >= 11 is 0. The monoisotopic (exact) mass is 294 g/mol. The minimum atomic E-state index is -1.46. The minimum absolute atomic E-state index is 0.334. The normalized spacial score (nSPS) is 11.1. The summed E-state index contributed by atoms with van der Waals surface area (Å²) in [4.78, 5) is 28.1. The number of para-hydroxylation sites is 1. The number of anilines is 2. The highest BCUT2D eigenvalue weighted by Gasteiger charge is 2.27. The maximum absolute atomic E-state index is 12.1. The Morgan fingerprint density at radius 1 is 1.09 bits per heavy atom. The van der Waals surface area contributed by atoms with Crippen LogP contribution in [-0.4, -0.2) is 16.8 Å². The number of aromatic nitrogens is 1. The molecule has 1 unspecified atom stereocenters. The number of hydrogen-bond acceptors (Lipinski definition) is 4. The van der Waals surface area contributed by atoms with Crippen LogP contribution in [0.4, 0.5) is 11.5 Å². The molecule has 2 amide bonds. The lowest BCUT2D eigenvalue weighted by Gasteiger charge is -2.11. The van der Waals surface area contributed by atoms with Gasteiger partial charge in [-0.1, -0.05) is 24.3 Å². The van der Waals surface area contributed by atoms with Crippen molar-refractivity contribution in [1.29, 1.82) is 5.26 Å². The van der Waals surface area contributed by atoms with E-state index in [0.29, 0.717) is 11.5 Å². The maximum atomic E-state index is 12.1. The highest BCUT2D eigenvalue weighted by Crippen LogP contribution is 2.12. The molecular weight excluding hydrogens is 280 g/mol. The largest absolute Gasteiger partial charge is 0.324 e. The summed E-state index contributed by atoms with van der Waals surface area (Å²) in [6.07, 6.45) is 1.52. The van der Waals surface area contributed by atoms with Crippen molar-refractivity contribution in [1.82, 2.24) is 4.98 Å². The number of pyridine rings is 1. The molecule has 1 heterocycles. The third-order valence-electron chi connectivity index (χ3n) is 2.95. The number of carbonyl (C=O) groups excluding carboxylic acids is 2. The zero-order valence-electron chi connectivity index (χ0n) is 11.9. The molecule has 2 N–H and O–H groups in total. The van der Waals surface area contributed by atoms with Gasteiger partial charge in [0.2, 0.25) is 5.92 Å². The van der Waals surface area contributed by atoms with Gasteiger partial charge in [-0.2, -0.15) is 5.26 Å². The predicted octanol–water partition coefficient (Wildman–Crippen LogP) is 2.11. The summed E-state index contributed by atoms with van der Waals surface area (Å²) in [7, 11) is 0. The van der Waals surface area contributed by atoms with Crippen LogP contribution in [-0.2, 0) is 9.59 Å². The summed E-state index contributed by atoms with van der Waals surface area (Å²) in [5.74, 6) is -2.51. The molecule has 0 aliphatic heterocycles. The van der Waals surface area contributed by atoms with E-state index in [0.717, 1.165) is 5.56 Å². The summed E-state index contributed by atoms with van der Waals surface area (Å²) in [6, 6.07) is 13.8. The quantitative estimate of drug-likeness (QED) is 0.844. The van der Waals surface area contributed by atoms with Gasteiger partial charge in [0.1, 0.15) is 5.82 Å². The van der Waals surface area contributed by atoms with Gasteiger partial charge in [0.25, 0.3) is 11.8 Å². The van der Waals surface area contributed by atoms with Gasteiger partial charge in [-0.15, -0.1) is 0 Å². The molecule has 22 heavy (non-hydrogen) atoms. The Hall–Kier alpha value is -3.20. The van der Waals surface area contributed by atoms with Crippen LogP contribution in [0, 0.1) is 24.2 Å². The molecule has 0 aliphatic rings. The lowest BCUT2D eigenvalue weighted by Crippen LogP contribution is -2.33. The first-order valence-electron chi connectivity index (χ1n) is 6.60. The third-order valence-corrected chi connectivity index (χ3v) is 2.95. The Kier molecular flexibility index (Phi) is 4.83. The van der Waals surface area contributed by atoms with Gasteiger partial charge in [-0.05, 0) is 30.7 Å². The molecule has 0 bridgehead atoms. The molecule has 2 rings (SSSR count). The average Bonchev–Trinajstić information content (AvgIpc) is 2.51. The van der Waals surface area contributed by atoms with Crippen LogP contribution in [0.2, 0.25) is 0 Å². The molecule has 0 saturated heterocycles. The van der Waals surface area contributed by atoms with Crippen molar-refractivity contribution in [3.05, 3.63) is 54.2 Å². The molecule has 0 spiro atoms. The van der Waals surface area contributed by atoms with E-state index in [1.165, 1.54) is 6.20 Å². The van der Waals surface area contributed by atoms with Crippen LogP contribution in [0.15, 0.2) is 48.7 Å². The maximum Gasteiger partial charge on any atom is 0.252 e. The third kappa shape index (κ3) is 3.67.